The minimum absolute atomic E-state index is 0.402. The summed E-state index contributed by atoms with van der Waals surface area (Å²) in [4.78, 5) is 13.9. The SMILES string of the molecule is Cc1cc(OCC(=O)O)ccc1SCC1(C23NN(c4ccc(C(F)(F)F)cc4)C(O2)N3C)C=CC=CC1. The Balaban J connectivity index is 1.35. The lowest BCUT2D eigenvalue weighted by Crippen LogP contribution is -2.72. The topological polar surface area (TPSA) is 74.3 Å². The van der Waals surface area contributed by atoms with Gasteiger partial charge in [-0.3, -0.25) is 5.01 Å². The van der Waals surface area contributed by atoms with Crippen molar-refractivity contribution in [1.29, 1.82) is 0 Å². The van der Waals surface area contributed by atoms with Crippen LogP contribution >= 0.6 is 11.8 Å². The van der Waals surface area contributed by atoms with Gasteiger partial charge in [0.15, 0.2) is 6.61 Å². The van der Waals surface area contributed by atoms with Gasteiger partial charge in [0.25, 0.3) is 0 Å². The van der Waals surface area contributed by atoms with Crippen LogP contribution in [0.5, 0.6) is 5.75 Å². The molecule has 3 atom stereocenters. The maximum atomic E-state index is 13.0. The molecule has 196 valence electrons. The smallest absolute Gasteiger partial charge is 0.416 e. The molecule has 7 nitrogen and oxygen atoms in total. The Hall–Kier alpha value is -2.99. The van der Waals surface area contributed by atoms with E-state index in [9.17, 15) is 18.0 Å². The number of rotatable bonds is 8. The van der Waals surface area contributed by atoms with Crippen LogP contribution in [0.2, 0.25) is 0 Å². The minimum atomic E-state index is -4.40. The monoisotopic (exact) mass is 533 g/mol. The van der Waals surface area contributed by atoms with Crippen molar-refractivity contribution in [1.82, 2.24) is 10.3 Å². The number of hydrogen-bond acceptors (Lipinski definition) is 7. The number of hydrazine groups is 1. The van der Waals surface area contributed by atoms with Crippen LogP contribution in [0, 0.1) is 12.3 Å². The number of allylic oxidation sites excluding steroid dienone is 3. The normalized spacial score (nSPS) is 26.8. The van der Waals surface area contributed by atoms with Gasteiger partial charge in [-0.15, -0.1) is 11.8 Å². The van der Waals surface area contributed by atoms with Crippen LogP contribution in [0.4, 0.5) is 18.9 Å². The molecular weight excluding hydrogens is 507 g/mol. The lowest BCUT2D eigenvalue weighted by Gasteiger charge is -2.55. The number of carboxylic acid groups (broad SMARTS) is 1. The number of fused-ring (bicyclic) bond motifs is 1. The van der Waals surface area contributed by atoms with E-state index in [2.05, 4.69) is 22.5 Å². The van der Waals surface area contributed by atoms with Crippen LogP contribution in [0.3, 0.4) is 0 Å². The van der Waals surface area contributed by atoms with Gasteiger partial charge in [0, 0.05) is 10.6 Å². The molecule has 1 aliphatic carbocycles. The Morgan fingerprint density at radius 1 is 1.24 bits per heavy atom. The highest BCUT2D eigenvalue weighted by Crippen LogP contribution is 2.55. The number of halogens is 3. The van der Waals surface area contributed by atoms with Crippen molar-refractivity contribution in [2.24, 2.45) is 5.41 Å². The second-order valence-electron chi connectivity index (χ2n) is 9.27. The van der Waals surface area contributed by atoms with E-state index in [1.54, 1.807) is 22.8 Å². The second-order valence-corrected chi connectivity index (χ2v) is 10.3. The van der Waals surface area contributed by atoms with Crippen LogP contribution in [-0.4, -0.2) is 47.6 Å². The average molecular weight is 534 g/mol. The highest BCUT2D eigenvalue weighted by Gasteiger charge is 2.70. The van der Waals surface area contributed by atoms with Crippen molar-refractivity contribution in [3.63, 3.8) is 0 Å². The molecule has 2 aromatic rings. The zero-order valence-electron chi connectivity index (χ0n) is 20.2. The van der Waals surface area contributed by atoms with Crippen LogP contribution < -0.4 is 15.2 Å². The van der Waals surface area contributed by atoms with E-state index < -0.39 is 41.9 Å². The Labute approximate surface area is 216 Å². The quantitative estimate of drug-likeness (QED) is 0.460. The van der Waals surface area contributed by atoms with Crippen molar-refractivity contribution in [3.8, 4) is 5.75 Å². The molecule has 3 saturated heterocycles. The first-order valence-corrected chi connectivity index (χ1v) is 12.6. The van der Waals surface area contributed by atoms with Crippen molar-refractivity contribution in [3.05, 3.63) is 77.9 Å². The van der Waals surface area contributed by atoms with Gasteiger partial charge >= 0.3 is 12.1 Å². The van der Waals surface area contributed by atoms with Gasteiger partial charge in [0.05, 0.1) is 16.7 Å². The van der Waals surface area contributed by atoms with E-state index >= 15 is 0 Å². The van der Waals surface area contributed by atoms with Crippen LogP contribution in [0.1, 0.15) is 17.5 Å². The van der Waals surface area contributed by atoms with Crippen molar-refractivity contribution in [2.45, 2.75) is 36.6 Å². The third-order valence-electron chi connectivity index (χ3n) is 6.88. The van der Waals surface area contributed by atoms with E-state index in [1.807, 2.05) is 38.3 Å². The molecule has 0 aromatic heterocycles. The zero-order chi connectivity index (χ0) is 26.4. The first-order valence-electron chi connectivity index (χ1n) is 11.6. The largest absolute Gasteiger partial charge is 0.482 e. The Bertz CT molecular complexity index is 1250. The molecular formula is C26H26F3N3O4S. The van der Waals surface area contributed by atoms with Gasteiger partial charge in [-0.2, -0.15) is 18.6 Å². The number of nitrogens with zero attached hydrogens (tertiary/aromatic N) is 2. The zero-order valence-corrected chi connectivity index (χ0v) is 21.0. The highest BCUT2D eigenvalue weighted by molar-refractivity contribution is 7.99. The predicted molar refractivity (Wildman–Crippen MR) is 133 cm³/mol. The third kappa shape index (κ3) is 4.50. The maximum absolute atomic E-state index is 13.0. The fraction of sp³-hybridized carbons (Fsp3) is 0.346. The number of hydrogen-bond donors (Lipinski definition) is 2. The van der Waals surface area contributed by atoms with E-state index in [0.29, 0.717) is 23.6 Å². The standard InChI is InChI=1S/C26H26F3N3O4S/c1-17-14-20(35-15-22(33)34)10-11-21(17)37-16-24(12-4-3-5-13-24)26-30-32(23(36-26)31(26)2)19-8-6-18(7-9-19)25(27,28)29/h3-12,14,23,30H,13,15-16H2,1-2H3,(H,33,34). The molecule has 4 aliphatic rings. The number of alkyl halides is 3. The fourth-order valence-corrected chi connectivity index (χ4v) is 6.17. The van der Waals surface area contributed by atoms with Gasteiger partial charge in [0.2, 0.25) is 12.2 Å². The summed E-state index contributed by atoms with van der Waals surface area (Å²) >= 11 is 1.65. The number of carbonyl (C=O) groups is 1. The van der Waals surface area contributed by atoms with E-state index in [4.69, 9.17) is 14.6 Å². The van der Waals surface area contributed by atoms with Gasteiger partial charge in [-0.1, -0.05) is 24.3 Å². The molecule has 0 radical (unpaired) electrons. The number of anilines is 1. The summed E-state index contributed by atoms with van der Waals surface area (Å²) in [5, 5.41) is 10.6. The summed E-state index contributed by atoms with van der Waals surface area (Å²) in [6, 6.07) is 10.5. The van der Waals surface area contributed by atoms with Crippen molar-refractivity contribution in [2.75, 3.05) is 24.4 Å². The molecule has 2 bridgehead atoms. The molecule has 3 heterocycles. The summed E-state index contributed by atoms with van der Waals surface area (Å²) in [5.74, 6) is -0.776. The summed E-state index contributed by atoms with van der Waals surface area (Å²) in [7, 11) is 1.93. The van der Waals surface area contributed by atoms with Gasteiger partial charge in [-0.25, -0.2) is 9.69 Å². The Kier molecular flexibility index (Phi) is 6.51. The first-order chi connectivity index (χ1) is 17.5. The van der Waals surface area contributed by atoms with Crippen LogP contribution in [0.25, 0.3) is 0 Å². The fourth-order valence-electron chi connectivity index (χ4n) is 4.90. The number of ether oxygens (including phenoxy) is 2. The Morgan fingerprint density at radius 3 is 2.59 bits per heavy atom. The lowest BCUT2D eigenvalue weighted by atomic mass is 9.76. The van der Waals surface area contributed by atoms with E-state index in [0.717, 1.165) is 22.6 Å². The molecule has 11 heteroatoms. The molecule has 2 N–H and O–H groups in total. The molecule has 2 aromatic carbocycles. The van der Waals surface area contributed by atoms with Crippen molar-refractivity contribution < 1.29 is 32.5 Å². The number of nitrogens with one attached hydrogen (secondary N) is 1. The predicted octanol–water partition coefficient (Wildman–Crippen LogP) is 5.00. The van der Waals surface area contributed by atoms with Gasteiger partial charge in [0.1, 0.15) is 5.75 Å². The summed E-state index contributed by atoms with van der Waals surface area (Å²) < 4.78 is 50.8. The number of thioether (sulfide) groups is 1. The third-order valence-corrected chi connectivity index (χ3v) is 8.31. The lowest BCUT2D eigenvalue weighted by molar-refractivity contribution is -0.341. The van der Waals surface area contributed by atoms with Crippen LogP contribution in [0.15, 0.2) is 71.7 Å². The number of aryl methyl sites for hydroxylation is 1. The summed E-state index contributed by atoms with van der Waals surface area (Å²) in [5.41, 5.74) is 3.80. The highest BCUT2D eigenvalue weighted by atomic mass is 32.2. The molecule has 3 aliphatic heterocycles. The van der Waals surface area contributed by atoms with E-state index in [-0.39, 0.29) is 0 Å². The summed E-state index contributed by atoms with van der Waals surface area (Å²) in [6.45, 7) is 1.54. The second kappa shape index (κ2) is 9.39. The molecule has 0 spiro atoms. The van der Waals surface area contributed by atoms with Crippen LogP contribution in [-0.2, 0) is 15.7 Å². The minimum Gasteiger partial charge on any atom is -0.482 e. The molecule has 3 unspecified atom stereocenters. The van der Waals surface area contributed by atoms with Gasteiger partial charge < -0.3 is 14.6 Å². The molecule has 0 saturated carbocycles. The number of aliphatic carboxylic acids is 1. The maximum Gasteiger partial charge on any atom is 0.416 e. The van der Waals surface area contributed by atoms with Gasteiger partial charge in [-0.05, 0) is 68.4 Å². The number of benzene rings is 2. The molecule has 37 heavy (non-hydrogen) atoms. The first kappa shape index (κ1) is 25.7. The van der Waals surface area contributed by atoms with Crippen molar-refractivity contribution >= 4 is 23.4 Å². The average Bonchev–Trinajstić information content (AvgIpc) is 3.43. The van der Waals surface area contributed by atoms with E-state index in [1.165, 1.54) is 12.1 Å². The Morgan fingerprint density at radius 2 is 2.00 bits per heavy atom. The number of carboxylic acids is 1. The molecule has 0 amide bonds. The molecule has 6 rings (SSSR count). The summed E-state index contributed by atoms with van der Waals surface area (Å²) in [6.07, 6.45) is 4.02. The molecule has 3 fully saturated rings.